The number of aliphatic hydroxyl groups excluding tert-OH is 1. The predicted molar refractivity (Wildman–Crippen MR) is 113 cm³/mol. The maximum Gasteiger partial charge on any atom is 0.416 e. The summed E-state index contributed by atoms with van der Waals surface area (Å²) >= 11 is 1.49. The Hall–Kier alpha value is -2.00. The van der Waals surface area contributed by atoms with Gasteiger partial charge in [-0.05, 0) is 30.3 Å². The molecule has 0 spiro atoms. The van der Waals surface area contributed by atoms with Gasteiger partial charge in [0.25, 0.3) is 0 Å². The first-order chi connectivity index (χ1) is 14.5. The maximum atomic E-state index is 13.3. The summed E-state index contributed by atoms with van der Waals surface area (Å²) in [5.41, 5.74) is 0.801. The maximum absolute atomic E-state index is 13.3. The van der Waals surface area contributed by atoms with Crippen molar-refractivity contribution >= 4 is 23.1 Å². The normalized spacial score (nSPS) is 17.9. The number of benzene rings is 2. The standard InChI is InChI=1S/C22H24F3N3OS/c23-22(24,25)17-6-7-21-19(16-17)28(18-4-1-2-5-20(18)30-21)9-3-8-26-10-12-27(13-11-26)14-15-29/h1-7,9,16,29H,8,10-15H2/b9-3+. The topological polar surface area (TPSA) is 30.0 Å². The van der Waals surface area contributed by atoms with Crippen molar-refractivity contribution in [3.63, 3.8) is 0 Å². The third-order valence-corrected chi connectivity index (χ3v) is 6.52. The molecule has 2 aliphatic heterocycles. The van der Waals surface area contributed by atoms with Crippen molar-refractivity contribution in [3.05, 3.63) is 60.3 Å². The molecule has 0 saturated carbocycles. The lowest BCUT2D eigenvalue weighted by Gasteiger charge is -2.34. The summed E-state index contributed by atoms with van der Waals surface area (Å²) in [6, 6.07) is 11.7. The summed E-state index contributed by atoms with van der Waals surface area (Å²) in [6.07, 6.45) is -0.476. The average molecular weight is 436 g/mol. The van der Waals surface area contributed by atoms with E-state index in [-0.39, 0.29) is 6.61 Å². The number of β-amino-alcohol motifs (C(OH)–C–C–N with tert-alkyl or cyclic N) is 1. The molecule has 4 rings (SSSR count). The van der Waals surface area contributed by atoms with Gasteiger partial charge in [0.1, 0.15) is 0 Å². The Balaban J connectivity index is 1.54. The summed E-state index contributed by atoms with van der Waals surface area (Å²) in [5.74, 6) is 0. The van der Waals surface area contributed by atoms with Crippen molar-refractivity contribution in [1.82, 2.24) is 9.80 Å². The minimum absolute atomic E-state index is 0.172. The molecule has 0 unspecified atom stereocenters. The van der Waals surface area contributed by atoms with Gasteiger partial charge in [0, 0.05) is 55.3 Å². The van der Waals surface area contributed by atoms with Crippen LogP contribution in [0.3, 0.4) is 0 Å². The van der Waals surface area contributed by atoms with Gasteiger partial charge in [-0.3, -0.25) is 9.80 Å². The van der Waals surface area contributed by atoms with Crippen LogP contribution in [0.5, 0.6) is 0 Å². The van der Waals surface area contributed by atoms with Gasteiger partial charge in [-0.15, -0.1) is 0 Å². The van der Waals surface area contributed by atoms with Crippen molar-refractivity contribution in [3.8, 4) is 0 Å². The van der Waals surface area contributed by atoms with E-state index in [9.17, 15) is 13.2 Å². The molecule has 2 aromatic carbocycles. The van der Waals surface area contributed by atoms with Gasteiger partial charge in [-0.2, -0.15) is 13.2 Å². The van der Waals surface area contributed by atoms with Crippen LogP contribution in [0, 0.1) is 0 Å². The van der Waals surface area contributed by atoms with Crippen molar-refractivity contribution in [2.24, 2.45) is 0 Å². The Bertz CT molecular complexity index is 911. The first-order valence-corrected chi connectivity index (χ1v) is 10.8. The van der Waals surface area contributed by atoms with Gasteiger partial charge >= 0.3 is 6.18 Å². The molecule has 0 bridgehead atoms. The quantitative estimate of drug-likeness (QED) is 0.751. The summed E-state index contributed by atoms with van der Waals surface area (Å²) in [4.78, 5) is 8.23. The molecule has 2 aromatic rings. The number of aliphatic hydroxyl groups is 1. The van der Waals surface area contributed by atoms with E-state index in [1.165, 1.54) is 17.8 Å². The Morgan fingerprint density at radius 2 is 1.63 bits per heavy atom. The zero-order valence-corrected chi connectivity index (χ0v) is 17.3. The zero-order valence-electron chi connectivity index (χ0n) is 16.5. The average Bonchev–Trinajstić information content (AvgIpc) is 2.73. The van der Waals surface area contributed by atoms with E-state index in [0.29, 0.717) is 12.2 Å². The van der Waals surface area contributed by atoms with E-state index >= 15 is 0 Å². The molecule has 30 heavy (non-hydrogen) atoms. The lowest BCUT2D eigenvalue weighted by atomic mass is 10.1. The molecule has 0 atom stereocenters. The highest BCUT2D eigenvalue weighted by Gasteiger charge is 2.33. The second-order valence-corrected chi connectivity index (χ2v) is 8.45. The third kappa shape index (κ3) is 4.67. The molecule has 1 N–H and O–H groups in total. The number of rotatable bonds is 5. The Kier molecular flexibility index (Phi) is 6.38. The van der Waals surface area contributed by atoms with Crippen LogP contribution in [0.25, 0.3) is 0 Å². The molecule has 160 valence electrons. The predicted octanol–water partition coefficient (Wildman–Crippen LogP) is 4.43. The molecule has 8 heteroatoms. The smallest absolute Gasteiger partial charge is 0.395 e. The number of piperazine rings is 1. The summed E-state index contributed by atoms with van der Waals surface area (Å²) in [6.45, 7) is 5.24. The molecule has 2 aliphatic rings. The van der Waals surface area contributed by atoms with Crippen LogP contribution < -0.4 is 4.90 Å². The second-order valence-electron chi connectivity index (χ2n) is 7.37. The zero-order chi connectivity index (χ0) is 21.1. The van der Waals surface area contributed by atoms with Gasteiger partial charge < -0.3 is 10.0 Å². The van der Waals surface area contributed by atoms with Crippen molar-refractivity contribution in [2.75, 3.05) is 50.8 Å². The second kappa shape index (κ2) is 9.01. The fourth-order valence-corrected chi connectivity index (χ4v) is 4.81. The minimum atomic E-state index is -4.37. The summed E-state index contributed by atoms with van der Waals surface area (Å²) in [5, 5.41) is 9.06. The summed E-state index contributed by atoms with van der Waals surface area (Å²) < 4.78 is 39.9. The number of halogens is 3. The van der Waals surface area contributed by atoms with Gasteiger partial charge in [-0.25, -0.2) is 0 Å². The lowest BCUT2D eigenvalue weighted by Crippen LogP contribution is -2.47. The highest BCUT2D eigenvalue weighted by atomic mass is 32.2. The molecule has 1 saturated heterocycles. The fraction of sp³-hybridized carbons (Fsp3) is 0.364. The largest absolute Gasteiger partial charge is 0.416 e. The van der Waals surface area contributed by atoms with Gasteiger partial charge in [0.15, 0.2) is 0 Å². The number of nitrogens with zero attached hydrogens (tertiary/aromatic N) is 3. The van der Waals surface area contributed by atoms with E-state index in [1.807, 2.05) is 41.4 Å². The number of fused-ring (bicyclic) bond motifs is 2. The van der Waals surface area contributed by atoms with Crippen molar-refractivity contribution < 1.29 is 18.3 Å². The highest BCUT2D eigenvalue weighted by molar-refractivity contribution is 7.99. The Morgan fingerprint density at radius 3 is 2.37 bits per heavy atom. The first-order valence-electron chi connectivity index (χ1n) is 9.95. The number of hydrogen-bond acceptors (Lipinski definition) is 5. The first kappa shape index (κ1) is 21.2. The van der Waals surface area contributed by atoms with Crippen LogP contribution in [0.15, 0.2) is 64.5 Å². The van der Waals surface area contributed by atoms with Crippen LogP contribution in [-0.2, 0) is 6.18 Å². The van der Waals surface area contributed by atoms with E-state index in [1.54, 1.807) is 6.07 Å². The van der Waals surface area contributed by atoms with Crippen LogP contribution in [0.4, 0.5) is 24.5 Å². The highest BCUT2D eigenvalue weighted by Crippen LogP contribution is 2.49. The Labute approximate surface area is 178 Å². The molecule has 1 fully saturated rings. The van der Waals surface area contributed by atoms with E-state index in [0.717, 1.165) is 54.3 Å². The van der Waals surface area contributed by atoms with Gasteiger partial charge in [0.05, 0.1) is 23.5 Å². The van der Waals surface area contributed by atoms with E-state index < -0.39 is 11.7 Å². The molecule has 0 aromatic heterocycles. The van der Waals surface area contributed by atoms with Crippen molar-refractivity contribution in [1.29, 1.82) is 0 Å². The fourth-order valence-electron chi connectivity index (χ4n) is 3.76. The van der Waals surface area contributed by atoms with Crippen LogP contribution >= 0.6 is 11.8 Å². The third-order valence-electron chi connectivity index (χ3n) is 5.39. The monoisotopic (exact) mass is 435 g/mol. The molecule has 2 heterocycles. The molecular weight excluding hydrogens is 411 g/mol. The Morgan fingerprint density at radius 1 is 0.933 bits per heavy atom. The SMILES string of the molecule is OCCN1CCN(C/C=C/N2c3ccccc3Sc3ccc(C(F)(F)F)cc32)CC1. The number of anilines is 2. The molecule has 0 amide bonds. The van der Waals surface area contributed by atoms with Crippen LogP contribution in [0.2, 0.25) is 0 Å². The molecular formula is C22H24F3N3OS. The van der Waals surface area contributed by atoms with E-state index in [4.69, 9.17) is 5.11 Å². The molecule has 0 aliphatic carbocycles. The van der Waals surface area contributed by atoms with Crippen LogP contribution in [0.1, 0.15) is 5.56 Å². The molecule has 0 radical (unpaired) electrons. The van der Waals surface area contributed by atoms with Gasteiger partial charge in [-0.1, -0.05) is 30.0 Å². The number of hydrogen-bond donors (Lipinski definition) is 1. The minimum Gasteiger partial charge on any atom is -0.395 e. The molecule has 4 nitrogen and oxygen atoms in total. The van der Waals surface area contributed by atoms with Crippen molar-refractivity contribution in [2.45, 2.75) is 16.0 Å². The van der Waals surface area contributed by atoms with Crippen LogP contribution in [-0.4, -0.2) is 60.8 Å². The van der Waals surface area contributed by atoms with E-state index in [2.05, 4.69) is 9.80 Å². The van der Waals surface area contributed by atoms with Gasteiger partial charge in [0.2, 0.25) is 0 Å². The summed E-state index contributed by atoms with van der Waals surface area (Å²) in [7, 11) is 0. The number of para-hydroxylation sites is 1. The number of alkyl halides is 3. The lowest BCUT2D eigenvalue weighted by molar-refractivity contribution is -0.137.